The Kier molecular flexibility index (Phi) is 5.27. The summed E-state index contributed by atoms with van der Waals surface area (Å²) in [6, 6.07) is 3.68. The van der Waals surface area contributed by atoms with Crippen molar-refractivity contribution in [2.75, 3.05) is 13.1 Å². The summed E-state index contributed by atoms with van der Waals surface area (Å²) in [4.78, 5) is 31.1. The minimum absolute atomic E-state index is 0.0541. The molecule has 5 nitrogen and oxygen atoms in total. The molecule has 1 aromatic rings. The van der Waals surface area contributed by atoms with Gasteiger partial charge in [0.05, 0.1) is 0 Å². The van der Waals surface area contributed by atoms with E-state index in [-0.39, 0.29) is 22.6 Å². The van der Waals surface area contributed by atoms with E-state index < -0.39 is 0 Å². The minimum Gasteiger partial charge on any atom is -0.346 e. The zero-order valence-corrected chi connectivity index (χ0v) is 17.5. The van der Waals surface area contributed by atoms with Crippen molar-refractivity contribution in [2.24, 2.45) is 17.8 Å². The number of likely N-dealkylation sites (tertiary alicyclic amines) is 1. The lowest BCUT2D eigenvalue weighted by atomic mass is 9.53. The molecule has 5 heteroatoms. The fraction of sp³-hybridized carbons (Fsp3) is 0.750. The van der Waals surface area contributed by atoms with Gasteiger partial charge < -0.3 is 10.3 Å². The van der Waals surface area contributed by atoms with Gasteiger partial charge in [0.15, 0.2) is 0 Å². The first-order valence-electron chi connectivity index (χ1n) is 11.9. The number of carbonyl (C=O) groups is 1. The molecule has 2 N–H and O–H groups in total. The van der Waals surface area contributed by atoms with Crippen LogP contribution in [0.5, 0.6) is 0 Å². The van der Waals surface area contributed by atoms with Crippen LogP contribution in [-0.4, -0.2) is 34.4 Å². The predicted molar refractivity (Wildman–Crippen MR) is 114 cm³/mol. The molecule has 29 heavy (non-hydrogen) atoms. The Morgan fingerprint density at radius 3 is 2.14 bits per heavy atom. The summed E-state index contributed by atoms with van der Waals surface area (Å²) >= 11 is 0. The number of carbonyl (C=O) groups excluding carboxylic acids is 1. The fourth-order valence-corrected chi connectivity index (χ4v) is 7.07. The molecule has 4 aliphatic carbocycles. The normalized spacial score (nSPS) is 34.6. The Morgan fingerprint density at radius 1 is 0.966 bits per heavy atom. The maximum absolute atomic E-state index is 13.0. The number of hydrogen-bond acceptors (Lipinski definition) is 3. The first kappa shape index (κ1) is 19.3. The Labute approximate surface area is 173 Å². The molecule has 1 aliphatic heterocycles. The van der Waals surface area contributed by atoms with Crippen LogP contribution in [0, 0.1) is 17.8 Å². The molecule has 0 unspecified atom stereocenters. The molecule has 1 saturated heterocycles. The largest absolute Gasteiger partial charge is 0.346 e. The van der Waals surface area contributed by atoms with Gasteiger partial charge >= 0.3 is 0 Å². The molecular weight excluding hydrogens is 362 g/mol. The Bertz CT molecular complexity index is 771. The van der Waals surface area contributed by atoms with E-state index in [2.05, 4.69) is 15.2 Å². The average molecular weight is 398 g/mol. The van der Waals surface area contributed by atoms with Gasteiger partial charge in [0.25, 0.3) is 11.5 Å². The van der Waals surface area contributed by atoms with Crippen LogP contribution in [0.25, 0.3) is 0 Å². The quantitative estimate of drug-likeness (QED) is 0.811. The highest BCUT2D eigenvalue weighted by molar-refractivity contribution is 5.94. The van der Waals surface area contributed by atoms with Gasteiger partial charge in [0, 0.05) is 17.8 Å². The molecule has 6 rings (SSSR count). The van der Waals surface area contributed by atoms with Gasteiger partial charge in [-0.1, -0.05) is 19.3 Å². The number of H-pyrrole nitrogens is 1. The van der Waals surface area contributed by atoms with E-state index in [4.69, 9.17) is 0 Å². The molecular formula is C24H35N3O2. The van der Waals surface area contributed by atoms with Crippen molar-refractivity contribution in [3.8, 4) is 0 Å². The second-order valence-corrected chi connectivity index (χ2v) is 10.4. The third kappa shape index (κ3) is 4.16. The number of aromatic nitrogens is 1. The minimum atomic E-state index is -0.239. The third-order valence-electron chi connectivity index (χ3n) is 7.97. The molecule has 5 fully saturated rings. The van der Waals surface area contributed by atoms with Crippen molar-refractivity contribution in [3.05, 3.63) is 33.7 Å². The lowest BCUT2D eigenvalue weighted by molar-refractivity contribution is -0.0167. The van der Waals surface area contributed by atoms with E-state index in [0.717, 1.165) is 62.3 Å². The fourth-order valence-electron chi connectivity index (χ4n) is 7.07. The summed E-state index contributed by atoms with van der Waals surface area (Å²) in [6.07, 6.45) is 13.8. The van der Waals surface area contributed by atoms with Gasteiger partial charge in [0.1, 0.15) is 5.56 Å². The van der Waals surface area contributed by atoms with Crippen LogP contribution in [0.3, 0.4) is 0 Å². The van der Waals surface area contributed by atoms with Gasteiger partial charge in [-0.25, -0.2) is 0 Å². The topological polar surface area (TPSA) is 65.2 Å². The Morgan fingerprint density at radius 2 is 1.55 bits per heavy atom. The van der Waals surface area contributed by atoms with Crippen LogP contribution in [0.1, 0.15) is 86.7 Å². The van der Waals surface area contributed by atoms with E-state index in [1.807, 2.05) is 6.07 Å². The van der Waals surface area contributed by atoms with Gasteiger partial charge in [-0.15, -0.1) is 0 Å². The van der Waals surface area contributed by atoms with E-state index in [1.54, 1.807) is 6.07 Å². The molecule has 5 aliphatic rings. The van der Waals surface area contributed by atoms with Crippen LogP contribution in [0.4, 0.5) is 0 Å². The van der Waals surface area contributed by atoms with Crippen molar-refractivity contribution < 1.29 is 4.79 Å². The smallest absolute Gasteiger partial charge is 0.261 e. The van der Waals surface area contributed by atoms with Gasteiger partial charge in [-0.05, 0) is 94.3 Å². The van der Waals surface area contributed by atoms with Crippen LogP contribution in [-0.2, 0) is 6.54 Å². The van der Waals surface area contributed by atoms with Gasteiger partial charge in [-0.3, -0.25) is 14.5 Å². The Balaban J connectivity index is 1.25. The number of nitrogens with zero attached hydrogens (tertiary/aromatic N) is 1. The lowest BCUT2D eigenvalue weighted by Crippen LogP contribution is -2.60. The van der Waals surface area contributed by atoms with Crippen molar-refractivity contribution >= 4 is 5.91 Å². The first-order valence-corrected chi connectivity index (χ1v) is 11.9. The van der Waals surface area contributed by atoms with Crippen LogP contribution in [0.2, 0.25) is 0 Å². The third-order valence-corrected chi connectivity index (χ3v) is 7.97. The summed E-state index contributed by atoms with van der Waals surface area (Å²) in [5.41, 5.74) is 0.900. The number of nitrogens with one attached hydrogen (secondary N) is 2. The molecule has 4 bridgehead atoms. The summed E-state index contributed by atoms with van der Waals surface area (Å²) in [5.74, 6) is 2.16. The summed E-state index contributed by atoms with van der Waals surface area (Å²) in [5, 5.41) is 3.33. The number of hydrogen-bond donors (Lipinski definition) is 2. The zero-order chi connectivity index (χ0) is 19.8. The average Bonchev–Trinajstić information content (AvgIpc) is 2.62. The molecule has 158 valence electrons. The van der Waals surface area contributed by atoms with Crippen LogP contribution >= 0.6 is 0 Å². The molecule has 0 spiro atoms. The van der Waals surface area contributed by atoms with E-state index in [1.165, 1.54) is 51.4 Å². The van der Waals surface area contributed by atoms with Gasteiger partial charge in [0.2, 0.25) is 0 Å². The van der Waals surface area contributed by atoms with Crippen molar-refractivity contribution in [3.63, 3.8) is 0 Å². The lowest BCUT2D eigenvalue weighted by Gasteiger charge is -2.56. The summed E-state index contributed by atoms with van der Waals surface area (Å²) in [6.45, 7) is 2.96. The maximum Gasteiger partial charge on any atom is 0.261 e. The second-order valence-electron chi connectivity index (χ2n) is 10.4. The van der Waals surface area contributed by atoms with Crippen molar-refractivity contribution in [2.45, 2.75) is 82.7 Å². The number of amides is 1. The van der Waals surface area contributed by atoms with Crippen LogP contribution in [0.15, 0.2) is 16.9 Å². The number of rotatable bonds is 4. The van der Waals surface area contributed by atoms with Gasteiger partial charge in [-0.2, -0.15) is 0 Å². The number of aromatic amines is 1. The molecule has 0 atom stereocenters. The Hall–Kier alpha value is -1.62. The predicted octanol–water partition coefficient (Wildman–Crippen LogP) is 3.84. The molecule has 4 saturated carbocycles. The highest BCUT2D eigenvalue weighted by Gasteiger charge is 2.51. The SMILES string of the molecule is O=C(NC12CC3CC(CC(C3)C1)C2)c1ccc(CN2CCCCCCC2)[nH]c1=O. The van der Waals surface area contributed by atoms with E-state index >= 15 is 0 Å². The first-order chi connectivity index (χ1) is 14.1. The van der Waals surface area contributed by atoms with Crippen LogP contribution < -0.4 is 10.9 Å². The van der Waals surface area contributed by atoms with Crippen molar-refractivity contribution in [1.29, 1.82) is 0 Å². The molecule has 0 radical (unpaired) electrons. The zero-order valence-electron chi connectivity index (χ0n) is 17.5. The highest BCUT2D eigenvalue weighted by atomic mass is 16.2. The maximum atomic E-state index is 13.0. The number of pyridine rings is 1. The standard InChI is InChI=1S/C24H35N3O2/c28-22-21(7-6-20(25-22)16-27-8-4-2-1-3-5-9-27)23(29)26-24-13-17-10-18(14-24)12-19(11-17)15-24/h6-7,17-19H,1-5,8-16H2,(H,25,28)(H,26,29). The van der Waals surface area contributed by atoms with E-state index in [9.17, 15) is 9.59 Å². The summed E-state index contributed by atoms with van der Waals surface area (Å²) in [7, 11) is 0. The van der Waals surface area contributed by atoms with Crippen molar-refractivity contribution in [1.82, 2.24) is 15.2 Å². The molecule has 1 aromatic heterocycles. The monoisotopic (exact) mass is 397 g/mol. The molecule has 1 amide bonds. The molecule has 0 aromatic carbocycles. The highest BCUT2D eigenvalue weighted by Crippen LogP contribution is 2.55. The van der Waals surface area contributed by atoms with E-state index in [0.29, 0.717) is 0 Å². The second kappa shape index (κ2) is 7.90. The summed E-state index contributed by atoms with van der Waals surface area (Å²) < 4.78 is 0. The molecule has 2 heterocycles.